The Hall–Kier alpha value is -4.14. The van der Waals surface area contributed by atoms with E-state index in [1.807, 2.05) is 55.5 Å². The summed E-state index contributed by atoms with van der Waals surface area (Å²) >= 11 is 0. The number of morpholine rings is 1. The highest BCUT2D eigenvalue weighted by molar-refractivity contribution is 5.93. The normalized spacial score (nSPS) is 13.8. The van der Waals surface area contributed by atoms with Crippen LogP contribution in [0, 0.1) is 6.92 Å². The summed E-state index contributed by atoms with van der Waals surface area (Å²) in [5.74, 6) is 0.413. The van der Waals surface area contributed by atoms with E-state index in [9.17, 15) is 4.79 Å². The standard InChI is InChI=1S/C29H30N6O2/c1-21-4-9-25(18-27(21)34-29-31-12-10-26(33-29)24-3-2-11-30-19-24)32-28(36)17-22-5-7-23(8-6-22)20-35-13-15-37-16-14-35/h2-12,18-19H,13-17,20H2,1H3,(H,32,36)(H,31,33,34). The van der Waals surface area contributed by atoms with Crippen LogP contribution in [0.15, 0.2) is 79.3 Å². The molecular weight excluding hydrogens is 464 g/mol. The first-order valence-corrected chi connectivity index (χ1v) is 12.4. The molecule has 8 heteroatoms. The quantitative estimate of drug-likeness (QED) is 0.370. The van der Waals surface area contributed by atoms with Crippen LogP contribution in [-0.4, -0.2) is 52.1 Å². The zero-order valence-corrected chi connectivity index (χ0v) is 20.9. The number of pyridine rings is 1. The van der Waals surface area contributed by atoms with Gasteiger partial charge in [0.25, 0.3) is 0 Å². The number of anilines is 3. The van der Waals surface area contributed by atoms with Crippen LogP contribution in [0.1, 0.15) is 16.7 Å². The minimum absolute atomic E-state index is 0.0643. The summed E-state index contributed by atoms with van der Waals surface area (Å²) in [4.78, 5) is 28.3. The summed E-state index contributed by atoms with van der Waals surface area (Å²) < 4.78 is 5.42. The summed E-state index contributed by atoms with van der Waals surface area (Å²) in [5, 5.41) is 6.29. The van der Waals surface area contributed by atoms with Crippen LogP contribution in [-0.2, 0) is 22.5 Å². The van der Waals surface area contributed by atoms with Crippen LogP contribution in [0.25, 0.3) is 11.3 Å². The highest BCUT2D eigenvalue weighted by atomic mass is 16.5. The number of benzene rings is 2. The summed E-state index contributed by atoms with van der Waals surface area (Å²) in [5.41, 5.74) is 6.48. The van der Waals surface area contributed by atoms with Crippen LogP contribution >= 0.6 is 0 Å². The number of aromatic nitrogens is 3. The van der Waals surface area contributed by atoms with Gasteiger partial charge in [-0.1, -0.05) is 30.3 Å². The average molecular weight is 495 g/mol. The van der Waals surface area contributed by atoms with Crippen molar-refractivity contribution in [1.82, 2.24) is 19.9 Å². The summed E-state index contributed by atoms with van der Waals surface area (Å²) in [6.45, 7) is 6.40. The molecule has 0 aliphatic carbocycles. The molecular formula is C29H30N6O2. The van der Waals surface area contributed by atoms with Crippen LogP contribution in [0.3, 0.4) is 0 Å². The fourth-order valence-corrected chi connectivity index (χ4v) is 4.22. The van der Waals surface area contributed by atoms with Gasteiger partial charge in [-0.15, -0.1) is 0 Å². The van der Waals surface area contributed by atoms with E-state index < -0.39 is 0 Å². The third-order valence-corrected chi connectivity index (χ3v) is 6.28. The number of rotatable bonds is 8. The molecule has 5 rings (SSSR count). The van der Waals surface area contributed by atoms with E-state index in [2.05, 4.69) is 42.6 Å². The Kier molecular flexibility index (Phi) is 7.78. The lowest BCUT2D eigenvalue weighted by atomic mass is 10.1. The Balaban J connectivity index is 1.20. The van der Waals surface area contributed by atoms with Crippen LogP contribution < -0.4 is 10.6 Å². The first kappa shape index (κ1) is 24.5. The van der Waals surface area contributed by atoms with Crippen molar-refractivity contribution in [3.8, 4) is 11.3 Å². The Bertz CT molecular complexity index is 1340. The Morgan fingerprint density at radius 1 is 1.00 bits per heavy atom. The van der Waals surface area contributed by atoms with Gasteiger partial charge in [-0.3, -0.25) is 14.7 Å². The van der Waals surface area contributed by atoms with E-state index in [4.69, 9.17) is 4.74 Å². The fourth-order valence-electron chi connectivity index (χ4n) is 4.22. The maximum absolute atomic E-state index is 12.8. The number of amides is 1. The van der Waals surface area contributed by atoms with Gasteiger partial charge >= 0.3 is 0 Å². The molecule has 2 aromatic carbocycles. The van der Waals surface area contributed by atoms with Gasteiger partial charge in [-0.05, 0) is 53.9 Å². The molecule has 0 unspecified atom stereocenters. The van der Waals surface area contributed by atoms with Crippen molar-refractivity contribution >= 4 is 23.2 Å². The third-order valence-electron chi connectivity index (χ3n) is 6.28. The van der Waals surface area contributed by atoms with Crippen molar-refractivity contribution in [2.45, 2.75) is 19.9 Å². The molecule has 37 heavy (non-hydrogen) atoms. The lowest BCUT2D eigenvalue weighted by Gasteiger charge is -2.26. The summed E-state index contributed by atoms with van der Waals surface area (Å²) in [7, 11) is 0. The fraction of sp³-hybridized carbons (Fsp3) is 0.241. The molecule has 0 saturated carbocycles. The second-order valence-corrected chi connectivity index (χ2v) is 9.09. The predicted molar refractivity (Wildman–Crippen MR) is 145 cm³/mol. The van der Waals surface area contributed by atoms with Gasteiger partial charge in [0.15, 0.2) is 0 Å². The summed E-state index contributed by atoms with van der Waals surface area (Å²) in [6.07, 6.45) is 5.52. The zero-order chi connectivity index (χ0) is 25.5. The second-order valence-electron chi connectivity index (χ2n) is 9.09. The number of carbonyl (C=O) groups is 1. The number of nitrogens with one attached hydrogen (secondary N) is 2. The molecule has 2 N–H and O–H groups in total. The molecule has 4 aromatic rings. The van der Waals surface area contributed by atoms with E-state index >= 15 is 0 Å². The van der Waals surface area contributed by atoms with Gasteiger partial charge < -0.3 is 15.4 Å². The molecule has 2 aromatic heterocycles. The van der Waals surface area contributed by atoms with E-state index in [1.165, 1.54) is 5.56 Å². The number of carbonyl (C=O) groups excluding carboxylic acids is 1. The maximum atomic E-state index is 12.8. The van der Waals surface area contributed by atoms with Crippen LogP contribution in [0.5, 0.6) is 0 Å². The van der Waals surface area contributed by atoms with Crippen LogP contribution in [0.4, 0.5) is 17.3 Å². The zero-order valence-electron chi connectivity index (χ0n) is 20.9. The Labute approximate surface area is 216 Å². The number of hydrogen-bond donors (Lipinski definition) is 2. The molecule has 0 bridgehead atoms. The lowest BCUT2D eigenvalue weighted by Crippen LogP contribution is -2.35. The minimum Gasteiger partial charge on any atom is -0.379 e. The molecule has 188 valence electrons. The van der Waals surface area contributed by atoms with E-state index in [0.717, 1.165) is 60.9 Å². The third kappa shape index (κ3) is 6.75. The van der Waals surface area contributed by atoms with Gasteiger partial charge in [-0.2, -0.15) is 0 Å². The molecule has 0 radical (unpaired) electrons. The number of nitrogens with zero attached hydrogens (tertiary/aromatic N) is 4. The largest absolute Gasteiger partial charge is 0.379 e. The smallest absolute Gasteiger partial charge is 0.228 e. The average Bonchev–Trinajstić information content (AvgIpc) is 2.93. The monoisotopic (exact) mass is 494 g/mol. The number of ether oxygens (including phenoxy) is 1. The molecule has 1 saturated heterocycles. The van der Waals surface area contributed by atoms with Crippen LogP contribution in [0.2, 0.25) is 0 Å². The van der Waals surface area contributed by atoms with Crippen molar-refractivity contribution in [3.63, 3.8) is 0 Å². The van der Waals surface area contributed by atoms with E-state index in [1.54, 1.807) is 18.6 Å². The molecule has 0 spiro atoms. The topological polar surface area (TPSA) is 92.3 Å². The molecule has 0 atom stereocenters. The Morgan fingerprint density at radius 3 is 2.59 bits per heavy atom. The van der Waals surface area contributed by atoms with E-state index in [-0.39, 0.29) is 5.91 Å². The molecule has 1 aliphatic heterocycles. The predicted octanol–water partition coefficient (Wildman–Crippen LogP) is 4.60. The highest BCUT2D eigenvalue weighted by Crippen LogP contribution is 2.24. The van der Waals surface area contributed by atoms with Gasteiger partial charge in [0, 0.05) is 55.2 Å². The molecule has 1 amide bonds. The van der Waals surface area contributed by atoms with Crippen molar-refractivity contribution in [2.75, 3.05) is 36.9 Å². The second kappa shape index (κ2) is 11.7. The minimum atomic E-state index is -0.0643. The van der Waals surface area contributed by atoms with Crippen molar-refractivity contribution in [2.24, 2.45) is 0 Å². The van der Waals surface area contributed by atoms with Gasteiger partial charge in [-0.25, -0.2) is 9.97 Å². The first-order valence-electron chi connectivity index (χ1n) is 12.4. The van der Waals surface area contributed by atoms with E-state index in [0.29, 0.717) is 18.1 Å². The number of hydrogen-bond acceptors (Lipinski definition) is 7. The molecule has 1 fully saturated rings. The van der Waals surface area contributed by atoms with Gasteiger partial charge in [0.1, 0.15) is 0 Å². The lowest BCUT2D eigenvalue weighted by molar-refractivity contribution is -0.115. The van der Waals surface area contributed by atoms with Crippen molar-refractivity contribution in [3.05, 3.63) is 95.9 Å². The molecule has 1 aliphatic rings. The Morgan fingerprint density at radius 2 is 1.81 bits per heavy atom. The SMILES string of the molecule is Cc1ccc(NC(=O)Cc2ccc(CN3CCOCC3)cc2)cc1Nc1nccc(-c2cccnc2)n1. The first-order chi connectivity index (χ1) is 18.1. The maximum Gasteiger partial charge on any atom is 0.228 e. The van der Waals surface area contributed by atoms with Crippen molar-refractivity contribution in [1.29, 1.82) is 0 Å². The molecule has 8 nitrogen and oxygen atoms in total. The van der Waals surface area contributed by atoms with Gasteiger partial charge in [0.05, 0.1) is 25.3 Å². The summed E-state index contributed by atoms with van der Waals surface area (Å²) in [6, 6.07) is 19.7. The van der Waals surface area contributed by atoms with Crippen molar-refractivity contribution < 1.29 is 9.53 Å². The number of aryl methyl sites for hydroxylation is 1. The van der Waals surface area contributed by atoms with Gasteiger partial charge in [0.2, 0.25) is 11.9 Å². The highest BCUT2D eigenvalue weighted by Gasteiger charge is 2.12. The molecule has 3 heterocycles.